The van der Waals surface area contributed by atoms with Crippen molar-refractivity contribution in [1.29, 1.82) is 0 Å². The second-order valence-corrected chi connectivity index (χ2v) is 9.44. The SMILES string of the molecule is COC(=O)[C@H](CCCC(C)(C)NCC(=O)OC(C)(C)C)NC(=O)OC(C)(C)C. The van der Waals surface area contributed by atoms with Gasteiger partial charge in [-0.15, -0.1) is 0 Å². The molecule has 0 spiro atoms. The lowest BCUT2D eigenvalue weighted by molar-refractivity contribution is -0.154. The Morgan fingerprint density at radius 2 is 1.43 bits per heavy atom. The zero-order valence-corrected chi connectivity index (χ0v) is 18.9. The minimum atomic E-state index is -0.790. The Balaban J connectivity index is 4.55. The Labute approximate surface area is 169 Å². The van der Waals surface area contributed by atoms with Crippen LogP contribution >= 0.6 is 0 Å². The Morgan fingerprint density at radius 3 is 1.89 bits per heavy atom. The molecule has 28 heavy (non-hydrogen) atoms. The number of hydrogen-bond acceptors (Lipinski definition) is 7. The number of esters is 2. The molecule has 8 nitrogen and oxygen atoms in total. The van der Waals surface area contributed by atoms with E-state index in [0.29, 0.717) is 19.3 Å². The van der Waals surface area contributed by atoms with Crippen molar-refractivity contribution in [3.05, 3.63) is 0 Å². The van der Waals surface area contributed by atoms with E-state index < -0.39 is 29.3 Å². The Bertz CT molecular complexity index is 532. The molecule has 0 rings (SSSR count). The first-order chi connectivity index (χ1) is 12.5. The maximum Gasteiger partial charge on any atom is 0.408 e. The van der Waals surface area contributed by atoms with Gasteiger partial charge in [-0.25, -0.2) is 9.59 Å². The molecule has 0 unspecified atom stereocenters. The van der Waals surface area contributed by atoms with E-state index in [1.165, 1.54) is 7.11 Å². The van der Waals surface area contributed by atoms with Crippen LogP contribution in [-0.2, 0) is 23.8 Å². The third-order valence-electron chi connectivity index (χ3n) is 3.60. The fraction of sp³-hybridized carbons (Fsp3) is 0.850. The zero-order chi connectivity index (χ0) is 22.2. The average molecular weight is 403 g/mol. The van der Waals surface area contributed by atoms with E-state index in [0.717, 1.165) is 0 Å². The topological polar surface area (TPSA) is 103 Å². The van der Waals surface area contributed by atoms with Gasteiger partial charge in [-0.3, -0.25) is 4.79 Å². The summed E-state index contributed by atoms with van der Waals surface area (Å²) in [4.78, 5) is 35.7. The minimum absolute atomic E-state index is 0.0981. The Morgan fingerprint density at radius 1 is 0.893 bits per heavy atom. The van der Waals surface area contributed by atoms with E-state index in [1.54, 1.807) is 20.8 Å². The molecule has 0 aromatic heterocycles. The summed E-state index contributed by atoms with van der Waals surface area (Å²) in [6.07, 6.45) is 1.04. The smallest absolute Gasteiger partial charge is 0.408 e. The summed E-state index contributed by atoms with van der Waals surface area (Å²) < 4.78 is 15.2. The van der Waals surface area contributed by atoms with Crippen LogP contribution in [0.3, 0.4) is 0 Å². The predicted molar refractivity (Wildman–Crippen MR) is 107 cm³/mol. The van der Waals surface area contributed by atoms with Crippen LogP contribution in [0.25, 0.3) is 0 Å². The molecule has 1 amide bonds. The quantitative estimate of drug-likeness (QED) is 0.451. The largest absolute Gasteiger partial charge is 0.467 e. The standard InChI is InChI=1S/C20H38N2O6/c1-18(2,3)27-15(23)13-21-20(7,8)12-10-11-14(16(24)26-9)22-17(25)28-19(4,5)6/h14,21H,10-13H2,1-9H3,(H,22,25)/t14-/m0/s1. The van der Waals surface area contributed by atoms with E-state index in [1.807, 2.05) is 34.6 Å². The molecule has 0 bridgehead atoms. The van der Waals surface area contributed by atoms with Crippen molar-refractivity contribution in [3.63, 3.8) is 0 Å². The molecule has 0 radical (unpaired) electrons. The number of alkyl carbamates (subject to hydrolysis) is 1. The van der Waals surface area contributed by atoms with Crippen molar-refractivity contribution >= 4 is 18.0 Å². The lowest BCUT2D eigenvalue weighted by Crippen LogP contribution is -2.45. The number of nitrogens with one attached hydrogen (secondary N) is 2. The van der Waals surface area contributed by atoms with Crippen LogP contribution in [0.4, 0.5) is 4.79 Å². The maximum atomic E-state index is 11.9. The van der Waals surface area contributed by atoms with Crippen molar-refractivity contribution in [2.45, 2.75) is 97.4 Å². The van der Waals surface area contributed by atoms with E-state index in [-0.39, 0.29) is 18.1 Å². The Hall–Kier alpha value is -1.83. The van der Waals surface area contributed by atoms with Crippen LogP contribution in [0.2, 0.25) is 0 Å². The molecule has 164 valence electrons. The molecule has 0 saturated carbocycles. The normalized spacial score (nSPS) is 13.5. The summed E-state index contributed by atoms with van der Waals surface area (Å²) in [5.41, 5.74) is -1.52. The number of methoxy groups -OCH3 is 1. The fourth-order valence-electron chi connectivity index (χ4n) is 2.37. The van der Waals surface area contributed by atoms with Gasteiger partial charge in [-0.1, -0.05) is 0 Å². The summed E-state index contributed by atoms with van der Waals surface area (Å²) in [6.45, 7) is 14.7. The molecule has 0 saturated heterocycles. The minimum Gasteiger partial charge on any atom is -0.467 e. The monoisotopic (exact) mass is 402 g/mol. The molecule has 1 atom stereocenters. The molecule has 0 aliphatic carbocycles. The predicted octanol–water partition coefficient (Wildman–Crippen LogP) is 2.93. The third kappa shape index (κ3) is 13.4. The van der Waals surface area contributed by atoms with E-state index in [4.69, 9.17) is 14.2 Å². The van der Waals surface area contributed by atoms with Crippen LogP contribution in [0.5, 0.6) is 0 Å². The number of ether oxygens (including phenoxy) is 3. The summed E-state index contributed by atoms with van der Waals surface area (Å²) in [5.74, 6) is -0.843. The van der Waals surface area contributed by atoms with Crippen molar-refractivity contribution < 1.29 is 28.6 Å². The average Bonchev–Trinajstić information content (AvgIpc) is 2.47. The van der Waals surface area contributed by atoms with Gasteiger partial charge in [0.15, 0.2) is 0 Å². The first-order valence-corrected chi connectivity index (χ1v) is 9.59. The van der Waals surface area contributed by atoms with E-state index in [9.17, 15) is 14.4 Å². The summed E-state index contributed by atoms with van der Waals surface area (Å²) >= 11 is 0. The van der Waals surface area contributed by atoms with Gasteiger partial charge in [0.1, 0.15) is 17.2 Å². The lowest BCUT2D eigenvalue weighted by atomic mass is 9.95. The highest BCUT2D eigenvalue weighted by Gasteiger charge is 2.26. The lowest BCUT2D eigenvalue weighted by Gasteiger charge is -2.28. The first-order valence-electron chi connectivity index (χ1n) is 9.59. The van der Waals surface area contributed by atoms with Crippen LogP contribution in [0, 0.1) is 0 Å². The molecule has 0 aromatic carbocycles. The number of carbonyl (C=O) groups is 3. The van der Waals surface area contributed by atoms with E-state index >= 15 is 0 Å². The molecular weight excluding hydrogens is 364 g/mol. The van der Waals surface area contributed by atoms with Gasteiger partial charge in [0.05, 0.1) is 13.7 Å². The third-order valence-corrected chi connectivity index (χ3v) is 3.60. The molecule has 0 aliphatic rings. The highest BCUT2D eigenvalue weighted by Crippen LogP contribution is 2.16. The number of rotatable bonds is 9. The second kappa shape index (κ2) is 10.6. The van der Waals surface area contributed by atoms with Gasteiger partial charge in [0.25, 0.3) is 0 Å². The summed E-state index contributed by atoms with van der Waals surface area (Å²) in [6, 6.07) is -0.790. The van der Waals surface area contributed by atoms with Crippen LogP contribution < -0.4 is 10.6 Å². The van der Waals surface area contributed by atoms with Crippen molar-refractivity contribution in [3.8, 4) is 0 Å². The van der Waals surface area contributed by atoms with Crippen LogP contribution in [0.15, 0.2) is 0 Å². The van der Waals surface area contributed by atoms with Gasteiger partial charge in [-0.2, -0.15) is 0 Å². The number of carbonyl (C=O) groups excluding carboxylic acids is 3. The molecule has 2 N–H and O–H groups in total. The molecule has 0 aromatic rings. The second-order valence-electron chi connectivity index (χ2n) is 9.44. The van der Waals surface area contributed by atoms with E-state index in [2.05, 4.69) is 10.6 Å². The van der Waals surface area contributed by atoms with Gasteiger partial charge in [0.2, 0.25) is 0 Å². The van der Waals surface area contributed by atoms with Gasteiger partial charge < -0.3 is 24.8 Å². The number of amides is 1. The van der Waals surface area contributed by atoms with Crippen molar-refractivity contribution in [2.24, 2.45) is 0 Å². The summed E-state index contributed by atoms with van der Waals surface area (Å²) in [7, 11) is 1.28. The van der Waals surface area contributed by atoms with Gasteiger partial charge in [0, 0.05) is 5.54 Å². The maximum absolute atomic E-state index is 11.9. The fourth-order valence-corrected chi connectivity index (χ4v) is 2.37. The van der Waals surface area contributed by atoms with Crippen LogP contribution in [0.1, 0.15) is 74.7 Å². The Kier molecular flexibility index (Phi) is 9.95. The zero-order valence-electron chi connectivity index (χ0n) is 18.9. The summed E-state index contributed by atoms with van der Waals surface area (Å²) in [5, 5.41) is 5.72. The highest BCUT2D eigenvalue weighted by molar-refractivity contribution is 5.81. The van der Waals surface area contributed by atoms with Gasteiger partial charge in [-0.05, 0) is 74.7 Å². The first kappa shape index (κ1) is 26.2. The highest BCUT2D eigenvalue weighted by atomic mass is 16.6. The molecule has 0 heterocycles. The van der Waals surface area contributed by atoms with Crippen LogP contribution in [-0.4, -0.2) is 54.5 Å². The molecule has 8 heteroatoms. The van der Waals surface area contributed by atoms with Crippen molar-refractivity contribution in [2.75, 3.05) is 13.7 Å². The molecular formula is C20H38N2O6. The van der Waals surface area contributed by atoms with Gasteiger partial charge >= 0.3 is 18.0 Å². The van der Waals surface area contributed by atoms with Crippen molar-refractivity contribution in [1.82, 2.24) is 10.6 Å². The number of hydrogen-bond donors (Lipinski definition) is 2. The molecule has 0 aliphatic heterocycles. The molecule has 0 fully saturated rings.